The fourth-order valence-corrected chi connectivity index (χ4v) is 25.8. The van der Waals surface area contributed by atoms with Gasteiger partial charge in [-0.15, -0.1) is 0 Å². The first-order valence-corrected chi connectivity index (χ1v) is 51.4. The molecule has 0 radical (unpaired) electrons. The van der Waals surface area contributed by atoms with Crippen LogP contribution in [0.3, 0.4) is 0 Å². The molecule has 728 valence electrons. The van der Waals surface area contributed by atoms with Gasteiger partial charge in [-0.05, 0) is 253 Å². The Morgan fingerprint density at radius 3 is 1.11 bits per heavy atom. The van der Waals surface area contributed by atoms with Crippen molar-refractivity contribution < 1.29 is 53.2 Å². The molecule has 3 N–H and O–H groups in total. The molecule has 5 aliphatic heterocycles. The number of ether oxygens (including phenoxy) is 8. The van der Waals surface area contributed by atoms with Gasteiger partial charge < -0.3 is 67.9 Å². The Morgan fingerprint density at radius 1 is 0.324 bits per heavy atom. The Labute approximate surface area is 861 Å². The average molecular weight is 1940 g/mol. The van der Waals surface area contributed by atoms with E-state index < -0.39 is 27.6 Å². The van der Waals surface area contributed by atoms with Crippen LogP contribution in [0.4, 0.5) is 17.1 Å². The number of nitrogens with zero attached hydrogens (tertiary/aromatic N) is 3. The largest absolute Gasteiger partial charge is 0.497 e. The Balaban J connectivity index is 0.000000116. The third-order valence-corrected chi connectivity index (χ3v) is 32.7. The number of fused-ring (bicyclic) bond motifs is 30. The fourth-order valence-electron chi connectivity index (χ4n) is 25.8. The second-order valence-corrected chi connectivity index (χ2v) is 40.6. The molecule has 14 nitrogen and oxygen atoms in total. The summed E-state index contributed by atoms with van der Waals surface area (Å²) in [5, 5.41) is 42.5. The quantitative estimate of drug-likeness (QED) is 0.0789. The summed E-state index contributed by atoms with van der Waals surface area (Å²) in [6, 6.07) is 126. The molecule has 4 aliphatic carbocycles. The van der Waals surface area contributed by atoms with E-state index in [0.717, 1.165) is 186 Å². The zero-order valence-corrected chi connectivity index (χ0v) is 83.8. The summed E-state index contributed by atoms with van der Waals surface area (Å²) in [5.74, 6) is 5.00. The van der Waals surface area contributed by atoms with Crippen molar-refractivity contribution in [1.29, 1.82) is 0 Å². The minimum atomic E-state index is -0.913. The molecular weight excluding hydrogens is 1830 g/mol. The summed E-state index contributed by atoms with van der Waals surface area (Å²) < 4.78 is 51.4. The minimum absolute atomic E-state index is 0.0357. The number of hydrogen-bond donors (Lipinski definition) is 3. The number of aliphatic hydroxyl groups excluding tert-OH is 3. The van der Waals surface area contributed by atoms with E-state index in [2.05, 4.69) is 387 Å². The normalized spacial score (nSPS) is 17.9. The number of morpholine rings is 2. The highest BCUT2D eigenvalue weighted by atomic mass is 16.5. The van der Waals surface area contributed by atoms with Crippen LogP contribution >= 0.6 is 0 Å². The van der Waals surface area contributed by atoms with E-state index in [9.17, 15) is 15.3 Å². The van der Waals surface area contributed by atoms with Crippen LogP contribution < -0.4 is 43.1 Å². The molecule has 2 spiro atoms. The standard InChI is InChI=1S/C52H39NO4.C50H39NO4.C32H33NO3/c1-55-38-20-22-39-42(30-38)50-41(23-24-51(57-50,35-9-3-2-4-10-35)36-16-18-37(19-17-36)53-25-27-56-28-26-53)49-48(39)40-21-13-32(31-54)29-45(40)52(49)43-11-5-7-33-14-15-34-8-6-12-44(52)47(34)46(33)43;1-53-36-20-22-39-42(30-36)48-41(23-24-49(55-48,33-9-3-2-4-10-33)34-16-18-35(19-17-34)51-25-27-54-28-26-51)47-46(39)40-21-15-32(31-52)29-45(40)50(47)43-13-7-5-11-37(43)38-12-6-8-14-44(38)50;1-21(2)28-19-29-22(20-34)17-26(35-5)18-30(29)31-27(28)15-16-32(36-31,23-9-7-6-8-10-23)24-11-13-25(14-12-24)33(3)4/h2-24,29-30,54H,25-28,31H2,1H3;2-24,29-30,52H,25-28,31H2,1H3;6-19,21,34H,20H2,1-5H3. The fraction of sp³-hybridized carbons (Fsp3) is 0.179. The van der Waals surface area contributed by atoms with Gasteiger partial charge in [0.05, 0.1) is 78.4 Å². The smallest absolute Gasteiger partial charge is 0.178 e. The highest BCUT2D eigenvalue weighted by molar-refractivity contribution is 6.20. The van der Waals surface area contributed by atoms with Gasteiger partial charge in [0, 0.05) is 124 Å². The van der Waals surface area contributed by atoms with Crippen LogP contribution in [-0.2, 0) is 56.9 Å². The molecule has 0 aromatic heterocycles. The van der Waals surface area contributed by atoms with Crippen LogP contribution in [0.15, 0.2) is 370 Å². The maximum absolute atomic E-state index is 10.6. The molecule has 0 saturated carbocycles. The zero-order valence-electron chi connectivity index (χ0n) is 83.8. The van der Waals surface area contributed by atoms with Gasteiger partial charge in [0.2, 0.25) is 0 Å². The lowest BCUT2D eigenvalue weighted by molar-refractivity contribution is 0.122. The summed E-state index contributed by atoms with van der Waals surface area (Å²) in [5.41, 5.74) is 29.9. The number of aliphatic hydroxyl groups is 3. The van der Waals surface area contributed by atoms with Crippen LogP contribution in [0.2, 0.25) is 0 Å². The van der Waals surface area contributed by atoms with Gasteiger partial charge in [0.1, 0.15) is 34.5 Å². The highest BCUT2D eigenvalue weighted by Gasteiger charge is 2.58. The first-order valence-electron chi connectivity index (χ1n) is 51.4. The van der Waals surface area contributed by atoms with E-state index in [1.807, 2.05) is 44.4 Å². The van der Waals surface area contributed by atoms with Crippen LogP contribution in [0.5, 0.6) is 34.5 Å². The van der Waals surface area contributed by atoms with Crippen LogP contribution in [0, 0.1) is 0 Å². The van der Waals surface area contributed by atoms with Crippen molar-refractivity contribution in [3.8, 4) is 67.9 Å². The van der Waals surface area contributed by atoms with Crippen molar-refractivity contribution in [1.82, 2.24) is 0 Å². The molecule has 148 heavy (non-hydrogen) atoms. The van der Waals surface area contributed by atoms with Crippen LogP contribution in [0.25, 0.3) is 105 Å². The number of rotatable bonds is 16. The molecule has 5 heterocycles. The third kappa shape index (κ3) is 13.9. The molecule has 0 amide bonds. The molecule has 19 aromatic rings. The summed E-state index contributed by atoms with van der Waals surface area (Å²) in [7, 11) is 9.18. The molecule has 3 atom stereocenters. The second-order valence-electron chi connectivity index (χ2n) is 40.6. The van der Waals surface area contributed by atoms with Crippen LogP contribution in [0.1, 0.15) is 137 Å². The molecule has 0 bridgehead atoms. The van der Waals surface area contributed by atoms with Gasteiger partial charge in [-0.2, -0.15) is 0 Å². The lowest BCUT2D eigenvalue weighted by Crippen LogP contribution is -2.37. The monoisotopic (exact) mass is 1940 g/mol. The zero-order chi connectivity index (χ0) is 100. The Kier molecular flexibility index (Phi) is 22.4. The van der Waals surface area contributed by atoms with E-state index >= 15 is 0 Å². The first-order chi connectivity index (χ1) is 72.7. The van der Waals surface area contributed by atoms with Crippen molar-refractivity contribution >= 4 is 89.2 Å². The molecule has 19 aromatic carbocycles. The number of methoxy groups -OCH3 is 3. The van der Waals surface area contributed by atoms with E-state index in [-0.39, 0.29) is 25.7 Å². The van der Waals surface area contributed by atoms with Crippen molar-refractivity contribution in [2.24, 2.45) is 0 Å². The predicted molar refractivity (Wildman–Crippen MR) is 596 cm³/mol. The lowest BCUT2D eigenvalue weighted by Gasteiger charge is -2.39. The Hall–Kier alpha value is -16.3. The van der Waals surface area contributed by atoms with Crippen molar-refractivity contribution in [3.63, 3.8) is 0 Å². The molecule has 2 fully saturated rings. The van der Waals surface area contributed by atoms with Crippen molar-refractivity contribution in [2.45, 2.75) is 67.2 Å². The van der Waals surface area contributed by atoms with Crippen LogP contribution in [-0.4, -0.2) is 103 Å². The molecule has 28 rings (SSSR count). The summed E-state index contributed by atoms with van der Waals surface area (Å²) in [6.07, 6.45) is 13.6. The summed E-state index contributed by atoms with van der Waals surface area (Å²) in [4.78, 5) is 6.87. The maximum Gasteiger partial charge on any atom is 0.178 e. The van der Waals surface area contributed by atoms with E-state index in [1.165, 1.54) is 116 Å². The lowest BCUT2D eigenvalue weighted by atomic mass is 9.67. The molecule has 9 aliphatic rings. The molecular formula is C134H111N3O11. The summed E-state index contributed by atoms with van der Waals surface area (Å²) >= 11 is 0. The highest BCUT2D eigenvalue weighted by Crippen LogP contribution is 2.70. The number of hydrogen-bond acceptors (Lipinski definition) is 14. The summed E-state index contributed by atoms with van der Waals surface area (Å²) in [6.45, 7) is 10.7. The number of benzene rings is 19. The molecule has 3 unspecified atom stereocenters. The topological polar surface area (TPSA) is 144 Å². The van der Waals surface area contributed by atoms with Gasteiger partial charge in [0.25, 0.3) is 0 Å². The van der Waals surface area contributed by atoms with Crippen molar-refractivity contribution in [3.05, 3.63) is 487 Å². The Bertz CT molecular complexity index is 8560. The second kappa shape index (κ2) is 36.1. The average Bonchev–Trinajstić information content (AvgIpc) is 1.48. The van der Waals surface area contributed by atoms with Gasteiger partial charge in [-0.1, -0.05) is 293 Å². The van der Waals surface area contributed by atoms with E-state index in [1.54, 1.807) is 21.3 Å². The van der Waals surface area contributed by atoms with Gasteiger partial charge in [-0.25, -0.2) is 0 Å². The Morgan fingerprint density at radius 2 is 0.703 bits per heavy atom. The van der Waals surface area contributed by atoms with Gasteiger partial charge in [0.15, 0.2) is 16.8 Å². The minimum Gasteiger partial charge on any atom is -0.497 e. The van der Waals surface area contributed by atoms with Gasteiger partial charge in [-0.3, -0.25) is 0 Å². The van der Waals surface area contributed by atoms with Gasteiger partial charge >= 0.3 is 0 Å². The predicted octanol–water partition coefficient (Wildman–Crippen LogP) is 27.3. The number of anilines is 3. The molecule has 14 heteroatoms. The van der Waals surface area contributed by atoms with E-state index in [4.69, 9.17) is 37.9 Å². The SMILES string of the molecule is COc1cc(CO)c2cc(C(C)C)c3c(c2c1)OC(c1ccccc1)(c1ccc(N(C)C)cc1)C=C3.COc1ccc2c3c(c4c(c2c1)OC(c1ccccc1)(c1ccc(N2CCOCC2)cc1)C=C4)C1(c2cc(CO)ccc2-3)c2cccc3ccc4cccc1c4c23.COc1ccc2c3c(c4c(c2c1)OC(c1ccccc1)(c1ccc(N2CCOCC2)cc1)C=C4)C1(c2ccccc2-c2ccccc21)c1cc(CO)ccc1-3. The van der Waals surface area contributed by atoms with Crippen molar-refractivity contribution in [2.75, 3.05) is 103 Å². The third-order valence-electron chi connectivity index (χ3n) is 32.7. The molecule has 2 saturated heterocycles. The maximum atomic E-state index is 10.6. The van der Waals surface area contributed by atoms with E-state index in [0.29, 0.717) is 5.75 Å². The first kappa shape index (κ1) is 91.6.